The SMILES string of the molecule is C=Cc1ccc(OC2(C(C)C)CCCCC2)cc1. The molecule has 98 valence electrons. The second-order valence-electron chi connectivity index (χ2n) is 5.66. The number of benzene rings is 1. The maximum absolute atomic E-state index is 6.37. The third kappa shape index (κ3) is 2.77. The normalized spacial score (nSPS) is 18.6. The van der Waals surface area contributed by atoms with Crippen LogP contribution < -0.4 is 4.74 Å². The number of ether oxygens (including phenoxy) is 1. The lowest BCUT2D eigenvalue weighted by Crippen LogP contribution is -2.43. The fourth-order valence-corrected chi connectivity index (χ4v) is 2.85. The van der Waals surface area contributed by atoms with Gasteiger partial charge in [0.2, 0.25) is 0 Å². The first-order chi connectivity index (χ1) is 8.66. The molecule has 2 rings (SSSR count). The van der Waals surface area contributed by atoms with Gasteiger partial charge in [-0.15, -0.1) is 0 Å². The summed E-state index contributed by atoms with van der Waals surface area (Å²) in [4.78, 5) is 0. The Morgan fingerprint density at radius 2 is 1.72 bits per heavy atom. The highest BCUT2D eigenvalue weighted by molar-refractivity contribution is 5.48. The Morgan fingerprint density at radius 1 is 1.11 bits per heavy atom. The summed E-state index contributed by atoms with van der Waals surface area (Å²) in [7, 11) is 0. The number of hydrogen-bond donors (Lipinski definition) is 0. The van der Waals surface area contributed by atoms with Crippen molar-refractivity contribution < 1.29 is 4.74 Å². The van der Waals surface area contributed by atoms with Crippen molar-refractivity contribution in [3.05, 3.63) is 36.4 Å². The molecule has 0 saturated heterocycles. The minimum Gasteiger partial charge on any atom is -0.487 e. The van der Waals surface area contributed by atoms with Gasteiger partial charge < -0.3 is 4.74 Å². The molecule has 1 aliphatic rings. The zero-order valence-electron chi connectivity index (χ0n) is 11.6. The number of rotatable bonds is 4. The van der Waals surface area contributed by atoms with Crippen LogP contribution in [-0.2, 0) is 0 Å². The summed E-state index contributed by atoms with van der Waals surface area (Å²) in [6.45, 7) is 8.34. The second-order valence-corrected chi connectivity index (χ2v) is 5.66. The smallest absolute Gasteiger partial charge is 0.120 e. The lowest BCUT2D eigenvalue weighted by molar-refractivity contribution is -0.0120. The Hall–Kier alpha value is -1.24. The highest BCUT2D eigenvalue weighted by atomic mass is 16.5. The van der Waals surface area contributed by atoms with E-state index in [-0.39, 0.29) is 5.60 Å². The van der Waals surface area contributed by atoms with E-state index in [4.69, 9.17) is 4.74 Å². The lowest BCUT2D eigenvalue weighted by atomic mass is 9.77. The van der Waals surface area contributed by atoms with E-state index >= 15 is 0 Å². The molecule has 0 heterocycles. The van der Waals surface area contributed by atoms with Crippen LogP contribution in [0.3, 0.4) is 0 Å². The Morgan fingerprint density at radius 3 is 2.22 bits per heavy atom. The molecule has 18 heavy (non-hydrogen) atoms. The highest BCUT2D eigenvalue weighted by Gasteiger charge is 2.37. The second kappa shape index (κ2) is 5.60. The molecule has 1 aliphatic carbocycles. The van der Waals surface area contributed by atoms with Crippen molar-refractivity contribution in [2.45, 2.75) is 51.6 Å². The summed E-state index contributed by atoms with van der Waals surface area (Å²) >= 11 is 0. The van der Waals surface area contributed by atoms with Gasteiger partial charge in [0.1, 0.15) is 11.4 Å². The largest absolute Gasteiger partial charge is 0.487 e. The average molecular weight is 244 g/mol. The van der Waals surface area contributed by atoms with E-state index in [0.29, 0.717) is 5.92 Å². The van der Waals surface area contributed by atoms with E-state index in [9.17, 15) is 0 Å². The Balaban J connectivity index is 2.14. The standard InChI is InChI=1S/C17H24O/c1-4-15-8-10-16(11-9-15)18-17(14(2)3)12-6-5-7-13-17/h4,8-11,14H,1,5-7,12-13H2,2-3H3. The average Bonchev–Trinajstić information content (AvgIpc) is 2.40. The van der Waals surface area contributed by atoms with Gasteiger partial charge in [-0.2, -0.15) is 0 Å². The maximum Gasteiger partial charge on any atom is 0.120 e. The summed E-state index contributed by atoms with van der Waals surface area (Å²) in [5.41, 5.74) is 1.19. The van der Waals surface area contributed by atoms with Crippen molar-refractivity contribution in [1.82, 2.24) is 0 Å². The zero-order chi connectivity index (χ0) is 13.0. The van der Waals surface area contributed by atoms with Crippen LogP contribution in [0.2, 0.25) is 0 Å². The maximum atomic E-state index is 6.37. The Kier molecular flexibility index (Phi) is 4.11. The van der Waals surface area contributed by atoms with E-state index in [1.54, 1.807) is 0 Å². The van der Waals surface area contributed by atoms with E-state index in [1.807, 2.05) is 6.08 Å². The molecule has 0 aliphatic heterocycles. The van der Waals surface area contributed by atoms with E-state index in [1.165, 1.54) is 32.1 Å². The zero-order valence-corrected chi connectivity index (χ0v) is 11.6. The third-order valence-electron chi connectivity index (χ3n) is 4.19. The van der Waals surface area contributed by atoms with Gasteiger partial charge >= 0.3 is 0 Å². The van der Waals surface area contributed by atoms with Gasteiger partial charge in [-0.1, -0.05) is 45.1 Å². The molecule has 0 aromatic heterocycles. The fraction of sp³-hybridized carbons (Fsp3) is 0.529. The van der Waals surface area contributed by atoms with Gasteiger partial charge in [0.25, 0.3) is 0 Å². The first-order valence-corrected chi connectivity index (χ1v) is 7.08. The molecular formula is C17H24O. The Labute approximate surface area is 111 Å². The topological polar surface area (TPSA) is 9.23 Å². The van der Waals surface area contributed by atoms with Gasteiger partial charge in [0.05, 0.1) is 0 Å². The predicted octanol–water partition coefficient (Wildman–Crippen LogP) is 5.07. The van der Waals surface area contributed by atoms with Crippen LogP contribution >= 0.6 is 0 Å². The van der Waals surface area contributed by atoms with Crippen LogP contribution in [0, 0.1) is 5.92 Å². The molecule has 1 nitrogen and oxygen atoms in total. The van der Waals surface area contributed by atoms with Crippen molar-refractivity contribution in [1.29, 1.82) is 0 Å². The van der Waals surface area contributed by atoms with Crippen molar-refractivity contribution in [2.75, 3.05) is 0 Å². The van der Waals surface area contributed by atoms with Crippen LogP contribution in [0.1, 0.15) is 51.5 Å². The van der Waals surface area contributed by atoms with Crippen LogP contribution in [0.25, 0.3) is 6.08 Å². The molecule has 1 saturated carbocycles. The van der Waals surface area contributed by atoms with Crippen molar-refractivity contribution in [3.8, 4) is 5.75 Å². The molecule has 1 heteroatoms. The van der Waals surface area contributed by atoms with Crippen LogP contribution in [0.4, 0.5) is 0 Å². The van der Waals surface area contributed by atoms with E-state index in [0.717, 1.165) is 11.3 Å². The van der Waals surface area contributed by atoms with E-state index in [2.05, 4.69) is 44.7 Å². The van der Waals surface area contributed by atoms with Crippen molar-refractivity contribution in [3.63, 3.8) is 0 Å². The molecule has 0 radical (unpaired) electrons. The first-order valence-electron chi connectivity index (χ1n) is 7.08. The third-order valence-corrected chi connectivity index (χ3v) is 4.19. The predicted molar refractivity (Wildman–Crippen MR) is 77.8 cm³/mol. The van der Waals surface area contributed by atoms with Gasteiger partial charge in [-0.05, 0) is 49.3 Å². The molecule has 0 spiro atoms. The molecular weight excluding hydrogens is 220 g/mol. The molecule has 0 amide bonds. The molecule has 1 fully saturated rings. The minimum absolute atomic E-state index is 0.0495. The van der Waals surface area contributed by atoms with Crippen LogP contribution in [0.5, 0.6) is 5.75 Å². The van der Waals surface area contributed by atoms with Crippen LogP contribution in [-0.4, -0.2) is 5.60 Å². The summed E-state index contributed by atoms with van der Waals surface area (Å²) in [6, 6.07) is 8.27. The molecule has 0 unspecified atom stereocenters. The fourth-order valence-electron chi connectivity index (χ4n) is 2.85. The summed E-state index contributed by atoms with van der Waals surface area (Å²) < 4.78 is 6.37. The van der Waals surface area contributed by atoms with Gasteiger partial charge in [0, 0.05) is 0 Å². The summed E-state index contributed by atoms with van der Waals surface area (Å²) in [6.07, 6.45) is 8.18. The van der Waals surface area contributed by atoms with Gasteiger partial charge in [-0.25, -0.2) is 0 Å². The Bertz CT molecular complexity index is 383. The number of hydrogen-bond acceptors (Lipinski definition) is 1. The van der Waals surface area contributed by atoms with Gasteiger partial charge in [0.15, 0.2) is 0 Å². The lowest BCUT2D eigenvalue weighted by Gasteiger charge is -2.41. The minimum atomic E-state index is 0.0495. The molecule has 1 aromatic carbocycles. The molecule has 1 aromatic rings. The summed E-state index contributed by atoms with van der Waals surface area (Å²) in [5, 5.41) is 0. The summed E-state index contributed by atoms with van der Waals surface area (Å²) in [5.74, 6) is 1.56. The highest BCUT2D eigenvalue weighted by Crippen LogP contribution is 2.38. The monoisotopic (exact) mass is 244 g/mol. The van der Waals surface area contributed by atoms with Crippen molar-refractivity contribution in [2.24, 2.45) is 5.92 Å². The molecule has 0 N–H and O–H groups in total. The van der Waals surface area contributed by atoms with Crippen molar-refractivity contribution >= 4 is 6.08 Å². The first kappa shape index (κ1) is 13.2. The van der Waals surface area contributed by atoms with Gasteiger partial charge in [-0.3, -0.25) is 0 Å². The molecule has 0 atom stereocenters. The molecule has 0 bridgehead atoms. The van der Waals surface area contributed by atoms with E-state index < -0.39 is 0 Å². The quantitative estimate of drug-likeness (QED) is 0.718. The van der Waals surface area contributed by atoms with Crippen LogP contribution in [0.15, 0.2) is 30.8 Å².